The van der Waals surface area contributed by atoms with Gasteiger partial charge in [0.25, 0.3) is 0 Å². The fraction of sp³-hybridized carbons (Fsp3) is 0.364. The minimum Gasteiger partial charge on any atom is -0.362 e. The summed E-state index contributed by atoms with van der Waals surface area (Å²) in [6.07, 6.45) is 4.91. The van der Waals surface area contributed by atoms with Gasteiger partial charge in [-0.1, -0.05) is 18.5 Å². The van der Waals surface area contributed by atoms with Crippen LogP contribution in [0.4, 0.5) is 11.6 Å². The van der Waals surface area contributed by atoms with E-state index in [9.17, 15) is 0 Å². The molecule has 0 atom stereocenters. The number of hydrazine groups is 1. The number of nitrogens with one attached hydrogen (secondary N) is 2. The van der Waals surface area contributed by atoms with Gasteiger partial charge in [-0.3, -0.25) is 0 Å². The maximum Gasteiger partial charge on any atom is 0.155 e. The van der Waals surface area contributed by atoms with Crippen molar-refractivity contribution in [3.8, 4) is 0 Å². The first-order valence-electron chi connectivity index (χ1n) is 5.79. The van der Waals surface area contributed by atoms with E-state index in [-0.39, 0.29) is 0 Å². The first-order valence-corrected chi connectivity index (χ1v) is 5.79. The summed E-state index contributed by atoms with van der Waals surface area (Å²) in [6.45, 7) is 2.62. The van der Waals surface area contributed by atoms with E-state index in [0.29, 0.717) is 12.4 Å². The zero-order chi connectivity index (χ0) is 12.8. The molecule has 18 heavy (non-hydrogen) atoms. The molecular weight excluding hydrogens is 232 g/mol. The third-order valence-electron chi connectivity index (χ3n) is 2.50. The highest BCUT2D eigenvalue weighted by Crippen LogP contribution is 2.21. The average molecular weight is 248 g/mol. The van der Waals surface area contributed by atoms with Crippen molar-refractivity contribution in [1.29, 1.82) is 0 Å². The molecule has 7 nitrogen and oxygen atoms in total. The number of nitrogens with zero attached hydrogens (tertiary/aromatic N) is 3. The second-order valence-electron chi connectivity index (χ2n) is 3.78. The van der Waals surface area contributed by atoms with Crippen LogP contribution in [-0.4, -0.2) is 15.1 Å². The number of aromatic nitrogens is 3. The van der Waals surface area contributed by atoms with Crippen LogP contribution in [0, 0.1) is 0 Å². The number of anilines is 2. The Bertz CT molecular complexity index is 484. The Morgan fingerprint density at radius 2 is 2.17 bits per heavy atom. The Balaban J connectivity index is 2.15. The smallest absolute Gasteiger partial charge is 0.155 e. The number of rotatable bonds is 6. The predicted octanol–water partition coefficient (Wildman–Crippen LogP) is 1.31. The standard InChI is InChI=1S/C11H16N6O/c1-2-3-9-10(14-7-15-11(9)17-12)13-6-8-4-5-16-18-8/h4-5,7H,2-3,6,12H2,1H3,(H2,13,14,15,17). The Labute approximate surface area is 105 Å². The number of hydrogen-bond acceptors (Lipinski definition) is 7. The van der Waals surface area contributed by atoms with Gasteiger partial charge in [0.05, 0.1) is 12.7 Å². The molecular formula is C11H16N6O. The summed E-state index contributed by atoms with van der Waals surface area (Å²) in [5.74, 6) is 7.60. The molecule has 0 fully saturated rings. The Hall–Kier alpha value is -2.15. The second kappa shape index (κ2) is 5.97. The van der Waals surface area contributed by atoms with Crippen LogP contribution in [0.1, 0.15) is 24.7 Å². The maximum absolute atomic E-state index is 5.44. The minimum absolute atomic E-state index is 0.526. The van der Waals surface area contributed by atoms with Crippen molar-refractivity contribution < 1.29 is 4.52 Å². The lowest BCUT2D eigenvalue weighted by molar-refractivity contribution is 0.388. The highest BCUT2D eigenvalue weighted by molar-refractivity contribution is 5.56. The lowest BCUT2D eigenvalue weighted by Gasteiger charge is -2.12. The van der Waals surface area contributed by atoms with Crippen LogP contribution in [0.5, 0.6) is 0 Å². The molecule has 0 unspecified atom stereocenters. The fourth-order valence-electron chi connectivity index (χ4n) is 1.68. The zero-order valence-corrected chi connectivity index (χ0v) is 10.2. The van der Waals surface area contributed by atoms with Gasteiger partial charge in [-0.25, -0.2) is 15.8 Å². The van der Waals surface area contributed by atoms with Crippen molar-refractivity contribution >= 4 is 11.6 Å². The fourth-order valence-corrected chi connectivity index (χ4v) is 1.68. The molecule has 0 bridgehead atoms. The first-order chi connectivity index (χ1) is 8.85. The van der Waals surface area contributed by atoms with E-state index >= 15 is 0 Å². The molecule has 2 aromatic rings. The molecule has 0 aliphatic heterocycles. The molecule has 0 spiro atoms. The van der Waals surface area contributed by atoms with Gasteiger partial charge < -0.3 is 15.3 Å². The van der Waals surface area contributed by atoms with E-state index in [2.05, 4.69) is 32.8 Å². The molecule has 7 heteroatoms. The van der Waals surface area contributed by atoms with Crippen LogP contribution in [0.2, 0.25) is 0 Å². The molecule has 96 valence electrons. The largest absolute Gasteiger partial charge is 0.362 e. The van der Waals surface area contributed by atoms with E-state index < -0.39 is 0 Å². The molecule has 0 aromatic carbocycles. The number of hydrogen-bond donors (Lipinski definition) is 3. The van der Waals surface area contributed by atoms with Crippen molar-refractivity contribution in [3.63, 3.8) is 0 Å². The van der Waals surface area contributed by atoms with Crippen LogP contribution >= 0.6 is 0 Å². The second-order valence-corrected chi connectivity index (χ2v) is 3.78. The highest BCUT2D eigenvalue weighted by Gasteiger charge is 2.10. The summed E-state index contributed by atoms with van der Waals surface area (Å²) < 4.78 is 5.02. The summed E-state index contributed by atoms with van der Waals surface area (Å²) in [4.78, 5) is 8.32. The normalized spacial score (nSPS) is 10.3. The first kappa shape index (κ1) is 12.3. The monoisotopic (exact) mass is 248 g/mol. The summed E-state index contributed by atoms with van der Waals surface area (Å²) in [6, 6.07) is 1.80. The zero-order valence-electron chi connectivity index (χ0n) is 10.2. The average Bonchev–Trinajstić information content (AvgIpc) is 2.91. The van der Waals surface area contributed by atoms with Crippen molar-refractivity contribution in [3.05, 3.63) is 29.9 Å². The molecule has 2 aromatic heterocycles. The van der Waals surface area contributed by atoms with Crippen LogP contribution < -0.4 is 16.6 Å². The number of nitrogens with two attached hydrogens (primary N) is 1. The molecule has 2 rings (SSSR count). The maximum atomic E-state index is 5.44. The van der Waals surface area contributed by atoms with Gasteiger partial charge in [-0.05, 0) is 6.42 Å². The summed E-state index contributed by atoms with van der Waals surface area (Å²) in [7, 11) is 0. The summed E-state index contributed by atoms with van der Waals surface area (Å²) in [5, 5.41) is 6.84. The van der Waals surface area contributed by atoms with Gasteiger partial charge >= 0.3 is 0 Å². The van der Waals surface area contributed by atoms with Crippen molar-refractivity contribution in [2.75, 3.05) is 10.7 Å². The van der Waals surface area contributed by atoms with Crippen LogP contribution in [-0.2, 0) is 13.0 Å². The predicted molar refractivity (Wildman–Crippen MR) is 67.7 cm³/mol. The quantitative estimate of drug-likeness (QED) is 0.523. The Kier molecular flexibility index (Phi) is 4.08. The van der Waals surface area contributed by atoms with Gasteiger partial charge in [0.2, 0.25) is 0 Å². The highest BCUT2D eigenvalue weighted by atomic mass is 16.5. The van der Waals surface area contributed by atoms with Crippen molar-refractivity contribution in [2.45, 2.75) is 26.3 Å². The Morgan fingerprint density at radius 3 is 2.83 bits per heavy atom. The van der Waals surface area contributed by atoms with Crippen LogP contribution in [0.15, 0.2) is 23.1 Å². The van der Waals surface area contributed by atoms with Gasteiger partial charge in [-0.15, -0.1) is 0 Å². The van der Waals surface area contributed by atoms with Crippen LogP contribution in [0.3, 0.4) is 0 Å². The van der Waals surface area contributed by atoms with Crippen LogP contribution in [0.25, 0.3) is 0 Å². The van der Waals surface area contributed by atoms with Crippen molar-refractivity contribution in [2.24, 2.45) is 5.84 Å². The molecule has 0 saturated carbocycles. The number of nitrogen functional groups attached to an aromatic ring is 1. The SMILES string of the molecule is CCCc1c(NN)ncnc1NCc1ccno1. The van der Waals surface area contributed by atoms with Gasteiger partial charge in [0.15, 0.2) is 5.76 Å². The van der Waals surface area contributed by atoms with E-state index in [1.807, 2.05) is 0 Å². The summed E-state index contributed by atoms with van der Waals surface area (Å²) >= 11 is 0. The molecule has 0 saturated heterocycles. The van der Waals surface area contributed by atoms with Crippen molar-refractivity contribution in [1.82, 2.24) is 15.1 Å². The molecule has 0 aliphatic rings. The lowest BCUT2D eigenvalue weighted by Crippen LogP contribution is -2.14. The minimum atomic E-state index is 0.526. The molecule has 2 heterocycles. The molecule has 4 N–H and O–H groups in total. The Morgan fingerprint density at radius 1 is 1.33 bits per heavy atom. The molecule has 0 aliphatic carbocycles. The molecule has 0 amide bonds. The van der Waals surface area contributed by atoms with Gasteiger partial charge in [0, 0.05) is 11.6 Å². The molecule has 0 radical (unpaired) electrons. The summed E-state index contributed by atoms with van der Waals surface area (Å²) in [5.41, 5.74) is 3.56. The lowest BCUT2D eigenvalue weighted by atomic mass is 10.1. The topological polar surface area (TPSA) is 102 Å². The van der Waals surface area contributed by atoms with E-state index in [1.165, 1.54) is 6.33 Å². The van der Waals surface area contributed by atoms with E-state index in [0.717, 1.165) is 30.0 Å². The van der Waals surface area contributed by atoms with Gasteiger partial charge in [0.1, 0.15) is 18.0 Å². The third kappa shape index (κ3) is 2.75. The third-order valence-corrected chi connectivity index (χ3v) is 2.50. The van der Waals surface area contributed by atoms with Gasteiger partial charge in [-0.2, -0.15) is 0 Å². The van der Waals surface area contributed by atoms with E-state index in [1.54, 1.807) is 12.3 Å². The van der Waals surface area contributed by atoms with E-state index in [4.69, 9.17) is 10.4 Å².